The summed E-state index contributed by atoms with van der Waals surface area (Å²) >= 11 is 1.15. The monoisotopic (exact) mass is 338 g/mol. The molecule has 0 saturated heterocycles. The van der Waals surface area contributed by atoms with Gasteiger partial charge in [-0.25, -0.2) is 13.1 Å². The number of nitrogens with one attached hydrogen (secondary N) is 2. The highest BCUT2D eigenvalue weighted by Gasteiger charge is 2.14. The first-order valence-electron chi connectivity index (χ1n) is 6.76. The Bertz CT molecular complexity index is 767. The van der Waals surface area contributed by atoms with E-state index in [1.165, 1.54) is 7.05 Å². The quantitative estimate of drug-likeness (QED) is 0.844. The van der Waals surface area contributed by atoms with Crippen molar-refractivity contribution in [2.45, 2.75) is 24.1 Å². The van der Waals surface area contributed by atoms with Crippen molar-refractivity contribution in [3.8, 4) is 0 Å². The van der Waals surface area contributed by atoms with Crippen molar-refractivity contribution in [3.05, 3.63) is 52.4 Å². The number of hydrogen-bond acceptors (Lipinski definition) is 4. The molecule has 0 spiro atoms. The van der Waals surface area contributed by atoms with Gasteiger partial charge in [-0.15, -0.1) is 11.3 Å². The lowest BCUT2D eigenvalue weighted by atomic mass is 10.1. The number of aryl methyl sites for hydroxylation is 1. The molecule has 0 bridgehead atoms. The lowest BCUT2D eigenvalue weighted by Gasteiger charge is -2.06. The van der Waals surface area contributed by atoms with Gasteiger partial charge in [0.2, 0.25) is 15.9 Å². The minimum absolute atomic E-state index is 0.0827. The molecule has 0 unspecified atom stereocenters. The van der Waals surface area contributed by atoms with Gasteiger partial charge in [-0.2, -0.15) is 0 Å². The molecule has 2 rings (SSSR count). The van der Waals surface area contributed by atoms with Crippen LogP contribution in [-0.4, -0.2) is 21.4 Å². The van der Waals surface area contributed by atoms with Crippen molar-refractivity contribution in [2.24, 2.45) is 0 Å². The molecule has 0 aliphatic carbocycles. The Labute approximate surface area is 134 Å². The fourth-order valence-corrected chi connectivity index (χ4v) is 4.06. The summed E-state index contributed by atoms with van der Waals surface area (Å²) in [6, 6.07) is 11.0. The maximum absolute atomic E-state index is 12.0. The standard InChI is InChI=1S/C15H18N2O3S2/c1-11-5-3-4-6-12(11)9-14(18)17-10-13-7-8-15(21-13)22(19,20)16-2/h3-8,16H,9-10H2,1-2H3,(H,17,18). The molecular weight excluding hydrogens is 320 g/mol. The van der Waals surface area contributed by atoms with Crippen LogP contribution in [0.4, 0.5) is 0 Å². The Morgan fingerprint density at radius 3 is 2.59 bits per heavy atom. The van der Waals surface area contributed by atoms with Gasteiger partial charge < -0.3 is 5.32 Å². The molecule has 1 aromatic heterocycles. The Morgan fingerprint density at radius 2 is 1.91 bits per heavy atom. The van der Waals surface area contributed by atoms with E-state index < -0.39 is 10.0 Å². The average Bonchev–Trinajstić information content (AvgIpc) is 2.97. The van der Waals surface area contributed by atoms with Crippen molar-refractivity contribution in [2.75, 3.05) is 7.05 Å². The zero-order valence-corrected chi connectivity index (χ0v) is 14.1. The minimum Gasteiger partial charge on any atom is -0.351 e. The number of carbonyl (C=O) groups is 1. The third-order valence-electron chi connectivity index (χ3n) is 3.24. The Hall–Kier alpha value is -1.70. The molecule has 7 heteroatoms. The van der Waals surface area contributed by atoms with E-state index in [0.29, 0.717) is 13.0 Å². The Balaban J connectivity index is 1.93. The summed E-state index contributed by atoms with van der Waals surface area (Å²) in [5.41, 5.74) is 2.07. The van der Waals surface area contributed by atoms with Crippen LogP contribution in [0.1, 0.15) is 16.0 Å². The number of thiophene rings is 1. The fraction of sp³-hybridized carbons (Fsp3) is 0.267. The van der Waals surface area contributed by atoms with E-state index in [1.807, 2.05) is 31.2 Å². The summed E-state index contributed by atoms with van der Waals surface area (Å²) in [7, 11) is -2.04. The molecule has 0 radical (unpaired) electrons. The lowest BCUT2D eigenvalue weighted by molar-refractivity contribution is -0.120. The predicted octanol–water partition coefficient (Wildman–Crippen LogP) is 1.82. The molecule has 0 fully saturated rings. The summed E-state index contributed by atoms with van der Waals surface area (Å²) in [6.45, 7) is 2.30. The Kier molecular flexibility index (Phi) is 5.33. The van der Waals surface area contributed by atoms with Gasteiger partial charge in [0.25, 0.3) is 0 Å². The fourth-order valence-electron chi connectivity index (χ4n) is 1.93. The van der Waals surface area contributed by atoms with E-state index in [1.54, 1.807) is 12.1 Å². The largest absolute Gasteiger partial charge is 0.351 e. The van der Waals surface area contributed by atoms with Crippen LogP contribution in [0.3, 0.4) is 0 Å². The first-order chi connectivity index (χ1) is 10.4. The summed E-state index contributed by atoms with van der Waals surface area (Å²) in [5.74, 6) is -0.0827. The second-order valence-electron chi connectivity index (χ2n) is 4.81. The van der Waals surface area contributed by atoms with E-state index in [4.69, 9.17) is 0 Å². The molecule has 2 aromatic rings. The van der Waals surface area contributed by atoms with Gasteiger partial charge in [0, 0.05) is 4.88 Å². The SMILES string of the molecule is CNS(=O)(=O)c1ccc(CNC(=O)Cc2ccccc2C)s1. The summed E-state index contributed by atoms with van der Waals surface area (Å²) in [4.78, 5) is 12.8. The van der Waals surface area contributed by atoms with Crippen LogP contribution in [0.5, 0.6) is 0 Å². The van der Waals surface area contributed by atoms with Gasteiger partial charge in [0.15, 0.2) is 0 Å². The number of hydrogen-bond donors (Lipinski definition) is 2. The molecular formula is C15H18N2O3S2. The van der Waals surface area contributed by atoms with Crippen LogP contribution in [0.2, 0.25) is 0 Å². The molecule has 1 aromatic carbocycles. The maximum atomic E-state index is 12.0. The normalized spacial score (nSPS) is 11.4. The summed E-state index contributed by atoms with van der Waals surface area (Å²) in [6.07, 6.45) is 0.319. The zero-order valence-electron chi connectivity index (χ0n) is 12.4. The molecule has 0 aliphatic heterocycles. The smallest absolute Gasteiger partial charge is 0.249 e. The van der Waals surface area contributed by atoms with Gasteiger partial charge in [0.05, 0.1) is 13.0 Å². The molecule has 22 heavy (non-hydrogen) atoms. The van der Waals surface area contributed by atoms with E-state index in [2.05, 4.69) is 10.0 Å². The number of amides is 1. The topological polar surface area (TPSA) is 75.3 Å². The average molecular weight is 338 g/mol. The van der Waals surface area contributed by atoms with Crippen LogP contribution in [0, 0.1) is 6.92 Å². The molecule has 118 valence electrons. The van der Waals surface area contributed by atoms with E-state index in [9.17, 15) is 13.2 Å². The first kappa shape index (κ1) is 16.7. The predicted molar refractivity (Wildman–Crippen MR) is 87.3 cm³/mol. The number of rotatable bonds is 6. The zero-order chi connectivity index (χ0) is 16.2. The van der Waals surface area contributed by atoms with Crippen molar-refractivity contribution in [1.82, 2.24) is 10.0 Å². The molecule has 0 aliphatic rings. The molecule has 5 nitrogen and oxygen atoms in total. The minimum atomic E-state index is -3.41. The number of carbonyl (C=O) groups excluding carboxylic acids is 1. The van der Waals surface area contributed by atoms with Crippen molar-refractivity contribution in [3.63, 3.8) is 0 Å². The Morgan fingerprint density at radius 1 is 1.18 bits per heavy atom. The van der Waals surface area contributed by atoms with Crippen molar-refractivity contribution < 1.29 is 13.2 Å². The third-order valence-corrected chi connectivity index (χ3v) is 6.23. The molecule has 2 N–H and O–H groups in total. The number of benzene rings is 1. The summed E-state index contributed by atoms with van der Waals surface area (Å²) in [5, 5.41) is 2.81. The maximum Gasteiger partial charge on any atom is 0.249 e. The molecule has 1 amide bonds. The van der Waals surface area contributed by atoms with E-state index in [-0.39, 0.29) is 10.1 Å². The number of sulfonamides is 1. The van der Waals surface area contributed by atoms with Gasteiger partial charge in [-0.3, -0.25) is 4.79 Å². The van der Waals surface area contributed by atoms with E-state index >= 15 is 0 Å². The van der Waals surface area contributed by atoms with Crippen LogP contribution in [0.15, 0.2) is 40.6 Å². The first-order valence-corrected chi connectivity index (χ1v) is 9.06. The van der Waals surface area contributed by atoms with Gasteiger partial charge in [-0.1, -0.05) is 24.3 Å². The third kappa shape index (κ3) is 4.16. The summed E-state index contributed by atoms with van der Waals surface area (Å²) < 4.78 is 25.8. The highest BCUT2D eigenvalue weighted by Crippen LogP contribution is 2.21. The van der Waals surface area contributed by atoms with Gasteiger partial charge >= 0.3 is 0 Å². The second-order valence-corrected chi connectivity index (χ2v) is 8.09. The van der Waals surface area contributed by atoms with Gasteiger partial charge in [-0.05, 0) is 37.2 Å². The van der Waals surface area contributed by atoms with Crippen LogP contribution >= 0.6 is 11.3 Å². The highest BCUT2D eigenvalue weighted by atomic mass is 32.2. The van der Waals surface area contributed by atoms with Crippen LogP contribution in [0.25, 0.3) is 0 Å². The van der Waals surface area contributed by atoms with Crippen molar-refractivity contribution >= 4 is 27.3 Å². The molecule has 0 atom stereocenters. The second kappa shape index (κ2) is 7.04. The van der Waals surface area contributed by atoms with Crippen LogP contribution < -0.4 is 10.0 Å². The van der Waals surface area contributed by atoms with E-state index in [0.717, 1.165) is 27.3 Å². The molecule has 0 saturated carbocycles. The molecule has 1 heterocycles. The van der Waals surface area contributed by atoms with Gasteiger partial charge in [0.1, 0.15) is 4.21 Å². The lowest BCUT2D eigenvalue weighted by Crippen LogP contribution is -2.24. The van der Waals surface area contributed by atoms with Crippen molar-refractivity contribution in [1.29, 1.82) is 0 Å². The van der Waals surface area contributed by atoms with Crippen LogP contribution in [-0.2, 0) is 27.8 Å². The highest BCUT2D eigenvalue weighted by molar-refractivity contribution is 7.91.